The standard InChI is InChI=1S/C11H14Cl2N2O.ClH/c1-14-6-7-15(2)11(16)8-4-3-5-9(12)10(8)13;/h3-5,14H,6-7H2,1-2H3;1H. The quantitative estimate of drug-likeness (QED) is 0.927. The van der Waals surface area contributed by atoms with Gasteiger partial charge in [0.25, 0.3) is 5.91 Å². The molecule has 1 N–H and O–H groups in total. The zero-order valence-electron chi connectivity index (χ0n) is 9.67. The molecule has 0 radical (unpaired) electrons. The van der Waals surface area contributed by atoms with Crippen LogP contribution in [0.5, 0.6) is 0 Å². The molecule has 1 aromatic carbocycles. The SMILES string of the molecule is CNCCN(C)C(=O)c1cccc(Cl)c1Cl.Cl. The summed E-state index contributed by atoms with van der Waals surface area (Å²) in [6.07, 6.45) is 0. The molecule has 0 bridgehead atoms. The lowest BCUT2D eigenvalue weighted by Gasteiger charge is -2.17. The molecule has 0 aliphatic carbocycles. The fourth-order valence-electron chi connectivity index (χ4n) is 1.26. The molecule has 96 valence electrons. The van der Waals surface area contributed by atoms with Crippen LogP contribution in [0.1, 0.15) is 10.4 Å². The minimum Gasteiger partial charge on any atom is -0.340 e. The van der Waals surface area contributed by atoms with Gasteiger partial charge in [0, 0.05) is 20.1 Å². The van der Waals surface area contributed by atoms with E-state index in [1.54, 1.807) is 30.1 Å². The van der Waals surface area contributed by atoms with Crippen LogP contribution in [0.3, 0.4) is 0 Å². The van der Waals surface area contributed by atoms with Gasteiger partial charge >= 0.3 is 0 Å². The Bertz CT molecular complexity index is 385. The third kappa shape index (κ3) is 4.36. The molecule has 0 aliphatic rings. The van der Waals surface area contributed by atoms with Crippen LogP contribution in [0.4, 0.5) is 0 Å². The number of rotatable bonds is 4. The van der Waals surface area contributed by atoms with E-state index in [1.165, 1.54) is 0 Å². The van der Waals surface area contributed by atoms with Crippen molar-refractivity contribution in [1.82, 2.24) is 10.2 Å². The van der Waals surface area contributed by atoms with E-state index in [1.807, 2.05) is 7.05 Å². The molecule has 0 saturated carbocycles. The Morgan fingerprint density at radius 1 is 1.41 bits per heavy atom. The highest BCUT2D eigenvalue weighted by Crippen LogP contribution is 2.26. The number of nitrogens with zero attached hydrogens (tertiary/aromatic N) is 1. The molecule has 17 heavy (non-hydrogen) atoms. The third-order valence-corrected chi connectivity index (χ3v) is 3.04. The lowest BCUT2D eigenvalue weighted by Crippen LogP contribution is -2.32. The number of amides is 1. The highest BCUT2D eigenvalue weighted by Gasteiger charge is 2.15. The van der Waals surface area contributed by atoms with E-state index < -0.39 is 0 Å². The molecule has 0 aromatic heterocycles. The van der Waals surface area contributed by atoms with E-state index in [2.05, 4.69) is 5.32 Å². The lowest BCUT2D eigenvalue weighted by molar-refractivity contribution is 0.0797. The molecule has 0 saturated heterocycles. The molecule has 0 heterocycles. The fourth-order valence-corrected chi connectivity index (χ4v) is 1.64. The van der Waals surface area contributed by atoms with Gasteiger partial charge in [0.05, 0.1) is 15.6 Å². The Morgan fingerprint density at radius 2 is 2.06 bits per heavy atom. The average Bonchev–Trinajstić information content (AvgIpc) is 2.28. The summed E-state index contributed by atoms with van der Waals surface area (Å²) in [5.74, 6) is -0.122. The van der Waals surface area contributed by atoms with Crippen LogP contribution < -0.4 is 5.32 Å². The van der Waals surface area contributed by atoms with Crippen molar-refractivity contribution in [3.8, 4) is 0 Å². The summed E-state index contributed by atoms with van der Waals surface area (Å²) >= 11 is 11.8. The normalized spacial score (nSPS) is 9.65. The largest absolute Gasteiger partial charge is 0.340 e. The first-order valence-electron chi connectivity index (χ1n) is 4.92. The second kappa shape index (κ2) is 7.77. The molecular weight excluding hydrogens is 282 g/mol. The van der Waals surface area contributed by atoms with Crippen molar-refractivity contribution in [1.29, 1.82) is 0 Å². The predicted molar refractivity (Wildman–Crippen MR) is 74.6 cm³/mol. The van der Waals surface area contributed by atoms with Crippen LogP contribution in [0, 0.1) is 0 Å². The van der Waals surface area contributed by atoms with Crippen molar-refractivity contribution < 1.29 is 4.79 Å². The molecule has 0 spiro atoms. The summed E-state index contributed by atoms with van der Waals surface area (Å²) in [4.78, 5) is 13.6. The Morgan fingerprint density at radius 3 is 2.65 bits per heavy atom. The first-order chi connectivity index (χ1) is 7.57. The van der Waals surface area contributed by atoms with Crippen LogP contribution in [0.15, 0.2) is 18.2 Å². The van der Waals surface area contributed by atoms with Gasteiger partial charge < -0.3 is 10.2 Å². The van der Waals surface area contributed by atoms with Gasteiger partial charge in [-0.3, -0.25) is 4.79 Å². The number of halogens is 3. The zero-order chi connectivity index (χ0) is 12.1. The molecule has 0 fully saturated rings. The fraction of sp³-hybridized carbons (Fsp3) is 0.364. The summed E-state index contributed by atoms with van der Waals surface area (Å²) in [5, 5.41) is 3.69. The van der Waals surface area contributed by atoms with Crippen LogP contribution in [-0.4, -0.2) is 38.0 Å². The molecule has 1 rings (SSSR count). The van der Waals surface area contributed by atoms with E-state index in [4.69, 9.17) is 23.2 Å². The van der Waals surface area contributed by atoms with Gasteiger partial charge in [0.15, 0.2) is 0 Å². The Hall–Kier alpha value is -0.480. The van der Waals surface area contributed by atoms with Crippen molar-refractivity contribution in [2.24, 2.45) is 0 Å². The predicted octanol–water partition coefficient (Wildman–Crippen LogP) is 2.71. The minimum atomic E-state index is -0.122. The first kappa shape index (κ1) is 16.5. The summed E-state index contributed by atoms with van der Waals surface area (Å²) in [7, 11) is 3.57. The second-order valence-corrected chi connectivity index (χ2v) is 4.22. The maximum absolute atomic E-state index is 12.0. The van der Waals surface area contributed by atoms with Gasteiger partial charge in [-0.25, -0.2) is 0 Å². The number of hydrogen-bond acceptors (Lipinski definition) is 2. The number of likely N-dealkylation sites (N-methyl/N-ethyl adjacent to an activating group) is 2. The molecule has 6 heteroatoms. The van der Waals surface area contributed by atoms with E-state index in [0.29, 0.717) is 22.2 Å². The first-order valence-corrected chi connectivity index (χ1v) is 5.67. The molecule has 0 unspecified atom stereocenters. The Kier molecular flexibility index (Phi) is 7.55. The topological polar surface area (TPSA) is 32.3 Å². The van der Waals surface area contributed by atoms with Gasteiger partial charge in [-0.2, -0.15) is 0 Å². The number of carbonyl (C=O) groups excluding carboxylic acids is 1. The minimum absolute atomic E-state index is 0. The van der Waals surface area contributed by atoms with Crippen LogP contribution >= 0.6 is 35.6 Å². The van der Waals surface area contributed by atoms with Gasteiger partial charge in [0.1, 0.15) is 0 Å². The van der Waals surface area contributed by atoms with Gasteiger partial charge in [-0.05, 0) is 19.2 Å². The van der Waals surface area contributed by atoms with Crippen LogP contribution in [0.2, 0.25) is 10.0 Å². The Labute approximate surface area is 117 Å². The zero-order valence-corrected chi connectivity index (χ0v) is 12.0. The molecule has 1 amide bonds. The summed E-state index contributed by atoms with van der Waals surface area (Å²) in [5.41, 5.74) is 0.438. The maximum atomic E-state index is 12.0. The molecule has 0 aliphatic heterocycles. The maximum Gasteiger partial charge on any atom is 0.255 e. The van der Waals surface area contributed by atoms with Crippen molar-refractivity contribution in [3.63, 3.8) is 0 Å². The van der Waals surface area contributed by atoms with Crippen molar-refractivity contribution in [2.45, 2.75) is 0 Å². The summed E-state index contributed by atoms with van der Waals surface area (Å²) < 4.78 is 0. The molecular formula is C11H15Cl3N2O. The van der Waals surface area contributed by atoms with E-state index in [9.17, 15) is 4.79 Å². The average molecular weight is 298 g/mol. The van der Waals surface area contributed by atoms with Crippen molar-refractivity contribution >= 4 is 41.5 Å². The molecule has 0 atom stereocenters. The van der Waals surface area contributed by atoms with E-state index in [-0.39, 0.29) is 18.3 Å². The van der Waals surface area contributed by atoms with Crippen molar-refractivity contribution in [2.75, 3.05) is 27.2 Å². The number of nitrogens with one attached hydrogen (secondary N) is 1. The van der Waals surface area contributed by atoms with E-state index >= 15 is 0 Å². The molecule has 3 nitrogen and oxygen atoms in total. The van der Waals surface area contributed by atoms with Gasteiger partial charge in [-0.15, -0.1) is 12.4 Å². The monoisotopic (exact) mass is 296 g/mol. The highest BCUT2D eigenvalue weighted by atomic mass is 35.5. The number of carbonyl (C=O) groups is 1. The second-order valence-electron chi connectivity index (χ2n) is 3.43. The lowest BCUT2D eigenvalue weighted by atomic mass is 10.2. The molecule has 1 aromatic rings. The van der Waals surface area contributed by atoms with Crippen LogP contribution in [-0.2, 0) is 0 Å². The van der Waals surface area contributed by atoms with Gasteiger partial charge in [-0.1, -0.05) is 29.3 Å². The Balaban J connectivity index is 0.00000256. The number of hydrogen-bond donors (Lipinski definition) is 1. The smallest absolute Gasteiger partial charge is 0.255 e. The van der Waals surface area contributed by atoms with E-state index in [0.717, 1.165) is 6.54 Å². The summed E-state index contributed by atoms with van der Waals surface area (Å²) in [6, 6.07) is 5.05. The van der Waals surface area contributed by atoms with Crippen LogP contribution in [0.25, 0.3) is 0 Å². The summed E-state index contributed by atoms with van der Waals surface area (Å²) in [6.45, 7) is 1.36. The number of benzene rings is 1. The highest BCUT2D eigenvalue weighted by molar-refractivity contribution is 6.43. The van der Waals surface area contributed by atoms with Gasteiger partial charge in [0.2, 0.25) is 0 Å². The van der Waals surface area contributed by atoms with Crippen molar-refractivity contribution in [3.05, 3.63) is 33.8 Å². The third-order valence-electron chi connectivity index (χ3n) is 2.23.